The van der Waals surface area contributed by atoms with Gasteiger partial charge >= 0.3 is 0 Å². The third-order valence-corrected chi connectivity index (χ3v) is 3.34. The summed E-state index contributed by atoms with van der Waals surface area (Å²) in [5, 5.41) is 0.658. The molecule has 1 aliphatic heterocycles. The summed E-state index contributed by atoms with van der Waals surface area (Å²) in [4.78, 5) is 21.6. The normalized spacial score (nSPS) is 18.8. The molecule has 2 aromatic rings. The van der Waals surface area contributed by atoms with Crippen molar-refractivity contribution < 1.29 is 0 Å². The molecule has 0 aliphatic carbocycles. The van der Waals surface area contributed by atoms with Gasteiger partial charge in [0.05, 0.1) is 17.4 Å². The molecule has 1 aromatic heterocycles. The topological polar surface area (TPSA) is 49.0 Å². The summed E-state index contributed by atoms with van der Waals surface area (Å²) in [6.07, 6.45) is 0. The Labute approximate surface area is 106 Å². The fraction of sp³-hybridized carbons (Fsp3) is 0.429. The molecule has 18 heavy (non-hydrogen) atoms. The van der Waals surface area contributed by atoms with Gasteiger partial charge in [-0.3, -0.25) is 9.69 Å². The summed E-state index contributed by atoms with van der Waals surface area (Å²) in [7, 11) is 0. The molecule has 1 aromatic carbocycles. The van der Waals surface area contributed by atoms with Gasteiger partial charge < -0.3 is 4.98 Å². The van der Waals surface area contributed by atoms with E-state index in [-0.39, 0.29) is 5.56 Å². The number of rotatable bonds is 2. The molecule has 1 fully saturated rings. The molecule has 1 aliphatic rings. The van der Waals surface area contributed by atoms with E-state index in [4.69, 9.17) is 0 Å². The maximum absolute atomic E-state index is 11.9. The van der Waals surface area contributed by atoms with Gasteiger partial charge in [-0.1, -0.05) is 26.0 Å². The van der Waals surface area contributed by atoms with Crippen LogP contribution in [0.25, 0.3) is 10.9 Å². The minimum absolute atomic E-state index is 0.0459. The van der Waals surface area contributed by atoms with Crippen LogP contribution in [0.15, 0.2) is 29.1 Å². The van der Waals surface area contributed by atoms with Crippen molar-refractivity contribution >= 4 is 10.9 Å². The summed E-state index contributed by atoms with van der Waals surface area (Å²) in [5.41, 5.74) is 1.13. The molecular formula is C14H17N3O. The second-order valence-corrected chi connectivity index (χ2v) is 5.84. The van der Waals surface area contributed by atoms with Gasteiger partial charge in [0.1, 0.15) is 5.82 Å². The number of likely N-dealkylation sites (tertiary alicyclic amines) is 1. The van der Waals surface area contributed by atoms with Crippen molar-refractivity contribution in [2.24, 2.45) is 5.41 Å². The zero-order valence-corrected chi connectivity index (χ0v) is 10.7. The number of fused-ring (bicyclic) bond motifs is 1. The summed E-state index contributed by atoms with van der Waals surface area (Å²) in [6.45, 7) is 7.34. The van der Waals surface area contributed by atoms with E-state index in [2.05, 4.69) is 28.7 Å². The summed E-state index contributed by atoms with van der Waals surface area (Å²) in [5.74, 6) is 0.759. The Bertz CT molecular complexity index is 637. The van der Waals surface area contributed by atoms with E-state index >= 15 is 0 Å². The van der Waals surface area contributed by atoms with Crippen molar-refractivity contribution in [3.05, 3.63) is 40.4 Å². The highest BCUT2D eigenvalue weighted by Gasteiger charge is 2.34. The van der Waals surface area contributed by atoms with Gasteiger partial charge in [-0.25, -0.2) is 4.98 Å². The van der Waals surface area contributed by atoms with Crippen LogP contribution in [-0.4, -0.2) is 28.0 Å². The lowest BCUT2D eigenvalue weighted by Crippen LogP contribution is -2.52. The van der Waals surface area contributed by atoms with Crippen molar-refractivity contribution in [3.63, 3.8) is 0 Å². The average Bonchev–Trinajstić information content (AvgIpc) is 2.26. The molecule has 3 rings (SSSR count). The zero-order valence-electron chi connectivity index (χ0n) is 10.7. The molecule has 0 saturated carbocycles. The first kappa shape index (κ1) is 11.4. The van der Waals surface area contributed by atoms with Crippen LogP contribution >= 0.6 is 0 Å². The summed E-state index contributed by atoms with van der Waals surface area (Å²) in [6, 6.07) is 7.45. The molecule has 94 valence electrons. The van der Waals surface area contributed by atoms with Crippen LogP contribution in [0.3, 0.4) is 0 Å². The maximum atomic E-state index is 11.9. The predicted octanol–water partition coefficient (Wildman–Crippen LogP) is 1.76. The van der Waals surface area contributed by atoms with Crippen LogP contribution in [0.5, 0.6) is 0 Å². The number of nitrogens with zero attached hydrogens (tertiary/aromatic N) is 2. The van der Waals surface area contributed by atoms with Gasteiger partial charge in [-0.2, -0.15) is 0 Å². The SMILES string of the molecule is CC1(C)CN(Cc2nc3ccccc3c(=O)[nH]2)C1. The number of H-pyrrole nitrogens is 1. The summed E-state index contributed by atoms with van der Waals surface area (Å²) >= 11 is 0. The number of hydrogen-bond donors (Lipinski definition) is 1. The number of nitrogens with one attached hydrogen (secondary N) is 1. The fourth-order valence-corrected chi connectivity index (χ4v) is 2.70. The molecule has 1 N–H and O–H groups in total. The van der Waals surface area contributed by atoms with Gasteiger partial charge in [0.25, 0.3) is 5.56 Å². The van der Waals surface area contributed by atoms with Gasteiger partial charge in [-0.05, 0) is 17.5 Å². The van der Waals surface area contributed by atoms with E-state index < -0.39 is 0 Å². The van der Waals surface area contributed by atoms with E-state index in [1.54, 1.807) is 6.07 Å². The second-order valence-electron chi connectivity index (χ2n) is 5.84. The highest BCUT2D eigenvalue weighted by molar-refractivity contribution is 5.77. The van der Waals surface area contributed by atoms with Gasteiger partial charge in [0.15, 0.2) is 0 Å². The molecule has 0 amide bonds. The van der Waals surface area contributed by atoms with Gasteiger partial charge in [-0.15, -0.1) is 0 Å². The number of aromatic amines is 1. The van der Waals surface area contributed by atoms with Crippen molar-refractivity contribution in [1.82, 2.24) is 14.9 Å². The lowest BCUT2D eigenvalue weighted by atomic mass is 9.84. The molecule has 0 radical (unpaired) electrons. The number of para-hydroxylation sites is 1. The minimum atomic E-state index is -0.0459. The number of aromatic nitrogens is 2. The van der Waals surface area contributed by atoms with E-state index in [1.807, 2.05) is 18.2 Å². The van der Waals surface area contributed by atoms with Gasteiger partial charge in [0.2, 0.25) is 0 Å². The van der Waals surface area contributed by atoms with Crippen molar-refractivity contribution in [1.29, 1.82) is 0 Å². The van der Waals surface area contributed by atoms with Crippen LogP contribution in [0.4, 0.5) is 0 Å². The Morgan fingerprint density at radius 3 is 2.78 bits per heavy atom. The monoisotopic (exact) mass is 243 g/mol. The highest BCUT2D eigenvalue weighted by Crippen LogP contribution is 2.29. The molecule has 0 atom stereocenters. The lowest BCUT2D eigenvalue weighted by molar-refractivity contribution is 0.0222. The first-order valence-electron chi connectivity index (χ1n) is 6.24. The second kappa shape index (κ2) is 3.92. The number of benzene rings is 1. The van der Waals surface area contributed by atoms with E-state index in [0.717, 1.165) is 31.0 Å². The van der Waals surface area contributed by atoms with Crippen LogP contribution in [0.1, 0.15) is 19.7 Å². The smallest absolute Gasteiger partial charge is 0.258 e. The highest BCUT2D eigenvalue weighted by atomic mass is 16.1. The standard InChI is InChI=1S/C14H17N3O/c1-14(2)8-17(9-14)7-12-15-11-6-4-3-5-10(11)13(18)16-12/h3-6H,7-9H2,1-2H3,(H,15,16,18). The van der Waals surface area contributed by atoms with E-state index in [0.29, 0.717) is 10.8 Å². The maximum Gasteiger partial charge on any atom is 0.258 e. The largest absolute Gasteiger partial charge is 0.309 e. The van der Waals surface area contributed by atoms with Crippen molar-refractivity contribution in [2.75, 3.05) is 13.1 Å². The summed E-state index contributed by atoms with van der Waals surface area (Å²) < 4.78 is 0. The van der Waals surface area contributed by atoms with Gasteiger partial charge in [0, 0.05) is 13.1 Å². The molecule has 4 heteroatoms. The Morgan fingerprint density at radius 2 is 2.06 bits per heavy atom. The fourth-order valence-electron chi connectivity index (χ4n) is 2.70. The van der Waals surface area contributed by atoms with Crippen LogP contribution < -0.4 is 5.56 Å². The molecule has 0 spiro atoms. The third-order valence-electron chi connectivity index (χ3n) is 3.34. The molecule has 0 unspecified atom stereocenters. The van der Waals surface area contributed by atoms with Crippen molar-refractivity contribution in [3.8, 4) is 0 Å². The Hall–Kier alpha value is -1.68. The Kier molecular flexibility index (Phi) is 2.48. The zero-order chi connectivity index (χ0) is 12.8. The first-order valence-corrected chi connectivity index (χ1v) is 6.24. The molecule has 0 bridgehead atoms. The lowest BCUT2D eigenvalue weighted by Gasteiger charge is -2.45. The van der Waals surface area contributed by atoms with Crippen LogP contribution in [0, 0.1) is 5.41 Å². The first-order chi connectivity index (χ1) is 8.53. The molecular weight excluding hydrogens is 226 g/mol. The molecule has 4 nitrogen and oxygen atoms in total. The Morgan fingerprint density at radius 1 is 1.33 bits per heavy atom. The number of hydrogen-bond acceptors (Lipinski definition) is 3. The Balaban J connectivity index is 1.88. The van der Waals surface area contributed by atoms with E-state index in [9.17, 15) is 4.79 Å². The third kappa shape index (κ3) is 2.04. The average molecular weight is 243 g/mol. The molecule has 2 heterocycles. The van der Waals surface area contributed by atoms with Crippen molar-refractivity contribution in [2.45, 2.75) is 20.4 Å². The molecule has 1 saturated heterocycles. The van der Waals surface area contributed by atoms with Crippen LogP contribution in [0.2, 0.25) is 0 Å². The minimum Gasteiger partial charge on any atom is -0.309 e. The predicted molar refractivity (Wildman–Crippen MR) is 71.4 cm³/mol. The quantitative estimate of drug-likeness (QED) is 0.874. The van der Waals surface area contributed by atoms with E-state index in [1.165, 1.54) is 0 Å². The van der Waals surface area contributed by atoms with Crippen LogP contribution in [-0.2, 0) is 6.54 Å².